The van der Waals surface area contributed by atoms with Crippen molar-refractivity contribution in [2.45, 2.75) is 51.7 Å². The van der Waals surface area contributed by atoms with E-state index >= 15 is 0 Å². The number of nitrogens with zero attached hydrogens (tertiary/aromatic N) is 1. The largest absolute Gasteiger partial charge is 0.351 e. The van der Waals surface area contributed by atoms with Gasteiger partial charge in [-0.3, -0.25) is 9.69 Å². The molecule has 18 heavy (non-hydrogen) atoms. The van der Waals surface area contributed by atoms with Crippen molar-refractivity contribution in [2.24, 2.45) is 0 Å². The quantitative estimate of drug-likeness (QED) is 0.825. The predicted octanol–water partition coefficient (Wildman–Crippen LogP) is 1.43. The lowest BCUT2D eigenvalue weighted by Gasteiger charge is -2.31. The molecule has 0 spiro atoms. The van der Waals surface area contributed by atoms with Crippen LogP contribution in [0.3, 0.4) is 0 Å². The first-order chi connectivity index (χ1) is 7.50. The van der Waals surface area contributed by atoms with Crippen LogP contribution in [0.5, 0.6) is 0 Å². The second-order valence-corrected chi connectivity index (χ2v) is 5.07. The van der Waals surface area contributed by atoms with E-state index in [9.17, 15) is 4.79 Å². The van der Waals surface area contributed by atoms with E-state index in [-0.39, 0.29) is 30.7 Å². The number of hydrogen-bond acceptors (Lipinski definition) is 3. The maximum absolute atomic E-state index is 11.8. The van der Waals surface area contributed by atoms with Gasteiger partial charge in [-0.1, -0.05) is 0 Å². The van der Waals surface area contributed by atoms with E-state index in [4.69, 9.17) is 0 Å². The minimum atomic E-state index is 0. The summed E-state index contributed by atoms with van der Waals surface area (Å²) in [5.41, 5.74) is 0. The second kappa shape index (κ2) is 9.84. The van der Waals surface area contributed by atoms with Gasteiger partial charge in [-0.25, -0.2) is 0 Å². The van der Waals surface area contributed by atoms with Crippen LogP contribution in [0.2, 0.25) is 0 Å². The maximum atomic E-state index is 11.8. The Morgan fingerprint density at radius 2 is 2.06 bits per heavy atom. The van der Waals surface area contributed by atoms with Gasteiger partial charge in [0.25, 0.3) is 0 Å². The lowest BCUT2D eigenvalue weighted by atomic mass is 10.00. The van der Waals surface area contributed by atoms with Gasteiger partial charge in [0.2, 0.25) is 5.91 Å². The minimum absolute atomic E-state index is 0. The van der Waals surface area contributed by atoms with Crippen molar-refractivity contribution in [1.29, 1.82) is 0 Å². The number of halogens is 2. The topological polar surface area (TPSA) is 44.4 Å². The van der Waals surface area contributed by atoms with Crippen molar-refractivity contribution < 1.29 is 4.79 Å². The highest BCUT2D eigenvalue weighted by atomic mass is 35.5. The fourth-order valence-electron chi connectivity index (χ4n) is 1.90. The molecule has 1 aliphatic rings. The maximum Gasteiger partial charge on any atom is 0.234 e. The summed E-state index contributed by atoms with van der Waals surface area (Å²) < 4.78 is 0. The van der Waals surface area contributed by atoms with Crippen LogP contribution in [-0.2, 0) is 4.79 Å². The van der Waals surface area contributed by atoms with Gasteiger partial charge >= 0.3 is 0 Å². The van der Waals surface area contributed by atoms with Crippen molar-refractivity contribution in [3.8, 4) is 0 Å². The van der Waals surface area contributed by atoms with E-state index in [0.29, 0.717) is 24.7 Å². The fourth-order valence-corrected chi connectivity index (χ4v) is 1.90. The summed E-state index contributed by atoms with van der Waals surface area (Å²) >= 11 is 0. The summed E-state index contributed by atoms with van der Waals surface area (Å²) in [6.07, 6.45) is 2.24. The van der Waals surface area contributed by atoms with Gasteiger partial charge in [0.15, 0.2) is 0 Å². The van der Waals surface area contributed by atoms with Gasteiger partial charge < -0.3 is 10.6 Å². The SMILES string of the molecule is CC1NCCCC1NC(=O)CN(C)C(C)C.Cl.Cl. The highest BCUT2D eigenvalue weighted by molar-refractivity contribution is 5.85. The highest BCUT2D eigenvalue weighted by Crippen LogP contribution is 2.08. The van der Waals surface area contributed by atoms with Crippen LogP contribution in [0.1, 0.15) is 33.6 Å². The Bertz CT molecular complexity index is 239. The Kier molecular flexibility index (Phi) is 11.1. The summed E-state index contributed by atoms with van der Waals surface area (Å²) in [4.78, 5) is 13.8. The number of likely N-dealkylation sites (N-methyl/N-ethyl adjacent to an activating group) is 1. The van der Waals surface area contributed by atoms with Gasteiger partial charge in [-0.2, -0.15) is 0 Å². The molecule has 110 valence electrons. The van der Waals surface area contributed by atoms with E-state index in [1.807, 2.05) is 7.05 Å². The Balaban J connectivity index is 0. The first kappa shape index (κ1) is 20.3. The van der Waals surface area contributed by atoms with Crippen LogP contribution in [0.15, 0.2) is 0 Å². The van der Waals surface area contributed by atoms with E-state index in [1.54, 1.807) is 0 Å². The van der Waals surface area contributed by atoms with Crippen LogP contribution in [0.25, 0.3) is 0 Å². The summed E-state index contributed by atoms with van der Waals surface area (Å²) in [6, 6.07) is 1.09. The lowest BCUT2D eigenvalue weighted by molar-refractivity contribution is -0.123. The average molecular weight is 300 g/mol. The molecule has 0 bridgehead atoms. The molecule has 1 saturated heterocycles. The molecule has 0 saturated carbocycles. The normalized spacial score (nSPS) is 23.2. The Hall–Kier alpha value is -0.0300. The highest BCUT2D eigenvalue weighted by Gasteiger charge is 2.22. The molecule has 0 aliphatic carbocycles. The van der Waals surface area contributed by atoms with Crippen molar-refractivity contribution >= 4 is 30.7 Å². The molecule has 1 heterocycles. The van der Waals surface area contributed by atoms with Crippen molar-refractivity contribution in [3.05, 3.63) is 0 Å². The fraction of sp³-hybridized carbons (Fsp3) is 0.917. The standard InChI is InChI=1S/C12H25N3O.2ClH/c1-9(2)15(4)8-12(16)14-11-6-5-7-13-10(11)3;;/h9-11,13H,5-8H2,1-4H3,(H,14,16);2*1H. The summed E-state index contributed by atoms with van der Waals surface area (Å²) in [6.45, 7) is 7.88. The van der Waals surface area contributed by atoms with E-state index in [2.05, 4.69) is 36.3 Å². The molecular formula is C12H27Cl2N3O. The number of hydrogen-bond donors (Lipinski definition) is 2. The van der Waals surface area contributed by atoms with Gasteiger partial charge in [-0.15, -0.1) is 24.8 Å². The Morgan fingerprint density at radius 1 is 1.44 bits per heavy atom. The molecule has 6 heteroatoms. The third-order valence-corrected chi connectivity index (χ3v) is 3.38. The molecule has 0 aromatic carbocycles. The molecule has 1 aliphatic heterocycles. The molecule has 1 amide bonds. The second-order valence-electron chi connectivity index (χ2n) is 5.07. The monoisotopic (exact) mass is 299 g/mol. The smallest absolute Gasteiger partial charge is 0.234 e. The molecule has 0 aromatic rings. The van der Waals surface area contributed by atoms with Gasteiger partial charge in [0.1, 0.15) is 0 Å². The average Bonchev–Trinajstić information content (AvgIpc) is 2.21. The van der Waals surface area contributed by atoms with Crippen LogP contribution in [-0.4, -0.2) is 49.1 Å². The van der Waals surface area contributed by atoms with Crippen molar-refractivity contribution in [2.75, 3.05) is 20.1 Å². The Labute approximate surface area is 123 Å². The number of carbonyl (C=O) groups excluding carboxylic acids is 1. The molecule has 2 atom stereocenters. The van der Waals surface area contributed by atoms with Gasteiger partial charge in [0.05, 0.1) is 6.54 Å². The van der Waals surface area contributed by atoms with Crippen LogP contribution in [0, 0.1) is 0 Å². The third-order valence-electron chi connectivity index (χ3n) is 3.38. The zero-order valence-electron chi connectivity index (χ0n) is 11.7. The van der Waals surface area contributed by atoms with Crippen LogP contribution in [0.4, 0.5) is 0 Å². The first-order valence-corrected chi connectivity index (χ1v) is 6.23. The third kappa shape index (κ3) is 6.78. The molecule has 1 fully saturated rings. The van der Waals surface area contributed by atoms with E-state index in [1.165, 1.54) is 0 Å². The molecule has 4 nitrogen and oxygen atoms in total. The molecule has 2 unspecified atom stereocenters. The van der Waals surface area contributed by atoms with Crippen molar-refractivity contribution in [1.82, 2.24) is 15.5 Å². The molecular weight excluding hydrogens is 273 g/mol. The predicted molar refractivity (Wildman–Crippen MR) is 80.9 cm³/mol. The first-order valence-electron chi connectivity index (χ1n) is 6.23. The Morgan fingerprint density at radius 3 is 2.56 bits per heavy atom. The molecule has 0 aromatic heterocycles. The molecule has 1 rings (SSSR count). The van der Waals surface area contributed by atoms with E-state index in [0.717, 1.165) is 19.4 Å². The van der Waals surface area contributed by atoms with Gasteiger partial charge in [0, 0.05) is 18.1 Å². The van der Waals surface area contributed by atoms with Crippen LogP contribution >= 0.6 is 24.8 Å². The zero-order chi connectivity index (χ0) is 12.1. The van der Waals surface area contributed by atoms with Gasteiger partial charge in [-0.05, 0) is 47.2 Å². The molecule has 0 radical (unpaired) electrons. The van der Waals surface area contributed by atoms with Crippen LogP contribution < -0.4 is 10.6 Å². The number of amides is 1. The number of carbonyl (C=O) groups is 1. The lowest BCUT2D eigenvalue weighted by Crippen LogP contribution is -2.53. The number of nitrogens with one attached hydrogen (secondary N) is 2. The zero-order valence-corrected chi connectivity index (χ0v) is 13.4. The summed E-state index contributed by atoms with van der Waals surface area (Å²) in [5, 5.41) is 6.50. The summed E-state index contributed by atoms with van der Waals surface area (Å²) in [5.74, 6) is 0.136. The summed E-state index contributed by atoms with van der Waals surface area (Å²) in [7, 11) is 1.98. The minimum Gasteiger partial charge on any atom is -0.351 e. The molecule has 2 N–H and O–H groups in total. The number of piperidine rings is 1. The number of rotatable bonds is 4. The van der Waals surface area contributed by atoms with Crippen molar-refractivity contribution in [3.63, 3.8) is 0 Å². The van der Waals surface area contributed by atoms with E-state index < -0.39 is 0 Å².